The molecule has 4 nitrogen and oxygen atoms in total. The molecule has 1 amide bonds. The highest BCUT2D eigenvalue weighted by Crippen LogP contribution is 2.22. The fourth-order valence-electron chi connectivity index (χ4n) is 2.97. The van der Waals surface area contributed by atoms with Crippen molar-refractivity contribution in [1.82, 2.24) is 4.90 Å². The van der Waals surface area contributed by atoms with Gasteiger partial charge in [0.05, 0.1) is 6.54 Å². The van der Waals surface area contributed by atoms with Crippen LogP contribution in [-0.4, -0.2) is 29.4 Å². The zero-order chi connectivity index (χ0) is 14.7. The summed E-state index contributed by atoms with van der Waals surface area (Å²) in [7, 11) is 0. The third-order valence-electron chi connectivity index (χ3n) is 4.23. The predicted molar refractivity (Wildman–Crippen MR) is 83.7 cm³/mol. The van der Waals surface area contributed by atoms with Gasteiger partial charge < -0.3 is 11.1 Å². The van der Waals surface area contributed by atoms with Crippen molar-refractivity contribution in [1.29, 1.82) is 0 Å². The Morgan fingerprint density at radius 3 is 2.60 bits per heavy atom. The number of rotatable bonds is 3. The van der Waals surface area contributed by atoms with Crippen LogP contribution < -0.4 is 11.1 Å². The highest BCUT2D eigenvalue weighted by atomic mass is 16.2. The quantitative estimate of drug-likeness (QED) is 0.834. The highest BCUT2D eigenvalue weighted by molar-refractivity contribution is 5.93. The Labute approximate surface area is 121 Å². The SMILES string of the molecule is Cc1cc(N)ccc1NC(=O)CN1[C@H](C)CCC[C@@H]1C. The molecule has 20 heavy (non-hydrogen) atoms. The summed E-state index contributed by atoms with van der Waals surface area (Å²) in [6, 6.07) is 6.52. The van der Waals surface area contributed by atoms with Gasteiger partial charge in [-0.15, -0.1) is 0 Å². The highest BCUT2D eigenvalue weighted by Gasteiger charge is 2.26. The van der Waals surface area contributed by atoms with Crippen LogP contribution in [0.1, 0.15) is 38.7 Å². The summed E-state index contributed by atoms with van der Waals surface area (Å²) in [4.78, 5) is 14.5. The van der Waals surface area contributed by atoms with Gasteiger partial charge in [-0.2, -0.15) is 0 Å². The summed E-state index contributed by atoms with van der Waals surface area (Å²) in [6.45, 7) is 6.83. The number of piperidine rings is 1. The van der Waals surface area contributed by atoms with E-state index in [1.54, 1.807) is 0 Å². The van der Waals surface area contributed by atoms with Crippen LogP contribution in [0.15, 0.2) is 18.2 Å². The molecule has 0 aromatic heterocycles. The third kappa shape index (κ3) is 3.51. The van der Waals surface area contributed by atoms with E-state index in [0.29, 0.717) is 18.6 Å². The van der Waals surface area contributed by atoms with Crippen molar-refractivity contribution in [2.75, 3.05) is 17.6 Å². The van der Waals surface area contributed by atoms with Crippen molar-refractivity contribution < 1.29 is 4.79 Å². The van der Waals surface area contributed by atoms with Crippen LogP contribution >= 0.6 is 0 Å². The molecule has 2 rings (SSSR count). The lowest BCUT2D eigenvalue weighted by Gasteiger charge is -2.38. The molecular formula is C16H25N3O. The molecule has 0 saturated carbocycles. The average Bonchev–Trinajstić information content (AvgIpc) is 2.37. The second kappa shape index (κ2) is 6.27. The van der Waals surface area contributed by atoms with Gasteiger partial charge in [0.1, 0.15) is 0 Å². The first-order chi connectivity index (χ1) is 9.47. The van der Waals surface area contributed by atoms with E-state index in [-0.39, 0.29) is 5.91 Å². The first-order valence-electron chi connectivity index (χ1n) is 7.39. The normalized spacial score (nSPS) is 23.6. The molecule has 0 spiro atoms. The molecule has 2 atom stereocenters. The number of amides is 1. The molecule has 0 aliphatic carbocycles. The Kier molecular flexibility index (Phi) is 4.65. The van der Waals surface area contributed by atoms with E-state index >= 15 is 0 Å². The number of nitrogens with two attached hydrogens (primary N) is 1. The molecule has 1 aromatic rings. The smallest absolute Gasteiger partial charge is 0.238 e. The molecule has 0 radical (unpaired) electrons. The van der Waals surface area contributed by atoms with Crippen molar-refractivity contribution in [2.24, 2.45) is 0 Å². The van der Waals surface area contributed by atoms with Crippen molar-refractivity contribution >= 4 is 17.3 Å². The van der Waals surface area contributed by atoms with Gasteiger partial charge in [-0.05, 0) is 57.4 Å². The lowest BCUT2D eigenvalue weighted by atomic mass is 9.97. The van der Waals surface area contributed by atoms with E-state index in [9.17, 15) is 4.79 Å². The number of carbonyl (C=O) groups excluding carboxylic acids is 1. The number of anilines is 2. The minimum absolute atomic E-state index is 0.0541. The topological polar surface area (TPSA) is 58.4 Å². The zero-order valence-corrected chi connectivity index (χ0v) is 12.6. The van der Waals surface area contributed by atoms with Gasteiger partial charge >= 0.3 is 0 Å². The number of hydrogen-bond donors (Lipinski definition) is 2. The van der Waals surface area contributed by atoms with Crippen LogP contribution in [0.5, 0.6) is 0 Å². The second-order valence-corrected chi connectivity index (χ2v) is 5.92. The van der Waals surface area contributed by atoms with Crippen LogP contribution in [-0.2, 0) is 4.79 Å². The Bertz CT molecular complexity index is 477. The van der Waals surface area contributed by atoms with E-state index in [1.807, 2.05) is 25.1 Å². The molecule has 4 heteroatoms. The number of hydrogen-bond acceptors (Lipinski definition) is 3. The maximum Gasteiger partial charge on any atom is 0.238 e. The number of likely N-dealkylation sites (tertiary alicyclic amines) is 1. The number of aryl methyl sites for hydroxylation is 1. The monoisotopic (exact) mass is 275 g/mol. The van der Waals surface area contributed by atoms with Crippen LogP contribution in [0.25, 0.3) is 0 Å². The zero-order valence-electron chi connectivity index (χ0n) is 12.6. The lowest BCUT2D eigenvalue weighted by Crippen LogP contribution is -2.47. The van der Waals surface area contributed by atoms with Crippen LogP contribution in [0.4, 0.5) is 11.4 Å². The fourth-order valence-corrected chi connectivity index (χ4v) is 2.97. The molecule has 1 aromatic carbocycles. The third-order valence-corrected chi connectivity index (χ3v) is 4.23. The van der Waals surface area contributed by atoms with Crippen molar-refractivity contribution in [3.05, 3.63) is 23.8 Å². The van der Waals surface area contributed by atoms with E-state index < -0.39 is 0 Å². The van der Waals surface area contributed by atoms with Gasteiger partial charge in [0, 0.05) is 23.5 Å². The average molecular weight is 275 g/mol. The Morgan fingerprint density at radius 2 is 2.00 bits per heavy atom. The van der Waals surface area contributed by atoms with E-state index in [4.69, 9.17) is 5.73 Å². The number of nitrogens with zero attached hydrogens (tertiary/aromatic N) is 1. The molecule has 110 valence electrons. The maximum absolute atomic E-state index is 12.2. The first-order valence-corrected chi connectivity index (χ1v) is 7.39. The molecule has 3 N–H and O–H groups in total. The molecule has 1 saturated heterocycles. The van der Waals surface area contributed by atoms with Gasteiger partial charge in [0.2, 0.25) is 5.91 Å². The van der Waals surface area contributed by atoms with Crippen molar-refractivity contribution in [3.63, 3.8) is 0 Å². The standard InChI is InChI=1S/C16H25N3O/c1-11-9-14(17)7-8-15(11)18-16(20)10-19-12(2)5-4-6-13(19)3/h7-9,12-13H,4-6,10,17H2,1-3H3,(H,18,20)/t12-,13+. The first kappa shape index (κ1) is 14.9. The number of benzene rings is 1. The van der Waals surface area contributed by atoms with Crippen LogP contribution in [0.2, 0.25) is 0 Å². The van der Waals surface area contributed by atoms with Gasteiger partial charge in [-0.25, -0.2) is 0 Å². The Balaban J connectivity index is 1.98. The molecular weight excluding hydrogens is 250 g/mol. The van der Waals surface area contributed by atoms with Gasteiger partial charge in [-0.3, -0.25) is 9.69 Å². The van der Waals surface area contributed by atoms with Crippen LogP contribution in [0.3, 0.4) is 0 Å². The van der Waals surface area contributed by atoms with Gasteiger partial charge in [0.15, 0.2) is 0 Å². The number of nitrogen functional groups attached to an aromatic ring is 1. The lowest BCUT2D eigenvalue weighted by molar-refractivity contribution is -0.118. The van der Waals surface area contributed by atoms with E-state index in [1.165, 1.54) is 19.3 Å². The maximum atomic E-state index is 12.2. The summed E-state index contributed by atoms with van der Waals surface area (Å²) in [6.07, 6.45) is 3.62. The summed E-state index contributed by atoms with van der Waals surface area (Å²) < 4.78 is 0. The largest absolute Gasteiger partial charge is 0.399 e. The Hall–Kier alpha value is -1.55. The molecule has 0 bridgehead atoms. The van der Waals surface area contributed by atoms with Crippen molar-refractivity contribution in [2.45, 2.75) is 52.1 Å². The second-order valence-electron chi connectivity index (χ2n) is 5.92. The summed E-state index contributed by atoms with van der Waals surface area (Å²) >= 11 is 0. The van der Waals surface area contributed by atoms with Gasteiger partial charge in [0.25, 0.3) is 0 Å². The minimum Gasteiger partial charge on any atom is -0.399 e. The molecule has 1 heterocycles. The fraction of sp³-hybridized carbons (Fsp3) is 0.562. The minimum atomic E-state index is 0.0541. The van der Waals surface area contributed by atoms with Crippen molar-refractivity contribution in [3.8, 4) is 0 Å². The summed E-state index contributed by atoms with van der Waals surface area (Å²) in [5.41, 5.74) is 8.29. The summed E-state index contributed by atoms with van der Waals surface area (Å²) in [5, 5.41) is 2.99. The van der Waals surface area contributed by atoms with E-state index in [0.717, 1.165) is 16.9 Å². The molecule has 1 aliphatic rings. The number of carbonyl (C=O) groups is 1. The summed E-state index contributed by atoms with van der Waals surface area (Å²) in [5.74, 6) is 0.0541. The van der Waals surface area contributed by atoms with Gasteiger partial charge in [-0.1, -0.05) is 6.42 Å². The molecule has 1 fully saturated rings. The number of nitrogens with one attached hydrogen (secondary N) is 1. The van der Waals surface area contributed by atoms with E-state index in [2.05, 4.69) is 24.1 Å². The van der Waals surface area contributed by atoms with Crippen LogP contribution in [0, 0.1) is 6.92 Å². The predicted octanol–water partition coefficient (Wildman–Crippen LogP) is 2.78. The molecule has 1 aliphatic heterocycles. The Morgan fingerprint density at radius 1 is 1.35 bits per heavy atom. The molecule has 0 unspecified atom stereocenters.